The fraction of sp³-hybridized carbons (Fsp3) is 0.667. The van der Waals surface area contributed by atoms with Crippen molar-refractivity contribution < 1.29 is 44.2 Å². The fourth-order valence-electron chi connectivity index (χ4n) is 1.53. The Labute approximate surface area is 100 Å². The van der Waals surface area contributed by atoms with E-state index >= 15 is 0 Å². The van der Waals surface area contributed by atoms with Crippen LogP contribution >= 0.6 is 0 Å². The van der Waals surface area contributed by atoms with Crippen molar-refractivity contribution in [2.45, 2.75) is 38.9 Å². The third-order valence-electron chi connectivity index (χ3n) is 2.07. The van der Waals surface area contributed by atoms with Crippen LogP contribution in [0.1, 0.15) is 27.7 Å². The van der Waals surface area contributed by atoms with E-state index < -0.39 is 11.2 Å². The van der Waals surface area contributed by atoms with Crippen LogP contribution in [0.25, 0.3) is 0 Å². The van der Waals surface area contributed by atoms with Crippen molar-refractivity contribution in [2.24, 2.45) is 0 Å². The van der Waals surface area contributed by atoms with Gasteiger partial charge in [0.25, 0.3) is 0 Å². The van der Waals surface area contributed by atoms with Crippen LogP contribution in [0.15, 0.2) is 11.8 Å². The van der Waals surface area contributed by atoms with E-state index in [0.29, 0.717) is 6.26 Å². The molecular formula is C9H13NaO3. The molecule has 0 aliphatic carbocycles. The van der Waals surface area contributed by atoms with Crippen LogP contribution < -0.4 is 34.7 Å². The molecule has 0 N–H and O–H groups in total. The van der Waals surface area contributed by atoms with Gasteiger partial charge in [0.05, 0.1) is 5.60 Å². The maximum atomic E-state index is 11.5. The summed E-state index contributed by atoms with van der Waals surface area (Å²) in [5.41, 5.74) is -1.35. The number of ketones is 1. The number of rotatable bonds is 0. The van der Waals surface area contributed by atoms with E-state index in [1.807, 2.05) is 0 Å². The average molecular weight is 192 g/mol. The molecule has 13 heavy (non-hydrogen) atoms. The molecule has 0 bridgehead atoms. The third-order valence-corrected chi connectivity index (χ3v) is 2.07. The van der Waals surface area contributed by atoms with Crippen molar-refractivity contribution in [3.63, 3.8) is 0 Å². The molecule has 1 aliphatic rings. The van der Waals surface area contributed by atoms with Gasteiger partial charge in [-0.15, -0.1) is 6.26 Å². The summed E-state index contributed by atoms with van der Waals surface area (Å²) in [6.07, 6.45) is 0.594. The maximum absolute atomic E-state index is 11.5. The Bertz CT molecular complexity index is 254. The number of carbonyl (C=O) groups excluding carboxylic acids is 1. The number of Topliss-reactive ketones (excluding diaryl/α,β-unsaturated/α-hetero) is 1. The molecule has 1 rings (SSSR count). The Morgan fingerprint density at radius 2 is 1.69 bits per heavy atom. The Hall–Kier alpha value is 0.170. The Morgan fingerprint density at radius 1 is 1.23 bits per heavy atom. The predicted octanol–water partition coefficient (Wildman–Crippen LogP) is -2.61. The summed E-state index contributed by atoms with van der Waals surface area (Å²) in [4.78, 5) is 11.5. The molecule has 1 fully saturated rings. The largest absolute Gasteiger partial charge is 1.00 e. The molecule has 1 aliphatic heterocycles. The maximum Gasteiger partial charge on any atom is 1.00 e. The number of hydrogen-bond donors (Lipinski definition) is 0. The molecule has 4 heteroatoms. The van der Waals surface area contributed by atoms with Crippen LogP contribution in [-0.4, -0.2) is 17.0 Å². The minimum Gasteiger partial charge on any atom is -0.878 e. The van der Waals surface area contributed by atoms with Crippen molar-refractivity contribution in [3.8, 4) is 0 Å². The molecule has 1 heterocycles. The zero-order chi connectivity index (χ0) is 9.57. The molecule has 0 radical (unpaired) electrons. The van der Waals surface area contributed by atoms with Crippen LogP contribution in [0.3, 0.4) is 0 Å². The summed E-state index contributed by atoms with van der Waals surface area (Å²) in [7, 11) is 0. The summed E-state index contributed by atoms with van der Waals surface area (Å²) in [6.45, 7) is 6.80. The van der Waals surface area contributed by atoms with Crippen LogP contribution in [0.4, 0.5) is 0 Å². The monoisotopic (exact) mass is 192 g/mol. The second-order valence-corrected chi connectivity index (χ2v) is 3.98. The molecule has 0 aromatic heterocycles. The van der Waals surface area contributed by atoms with Gasteiger partial charge in [-0.3, -0.25) is 4.79 Å². The quantitative estimate of drug-likeness (QED) is 0.240. The van der Waals surface area contributed by atoms with E-state index in [1.54, 1.807) is 27.7 Å². The van der Waals surface area contributed by atoms with Gasteiger partial charge in [-0.05, 0) is 27.7 Å². The normalized spacial score (nSPS) is 27.4. The van der Waals surface area contributed by atoms with Gasteiger partial charge in [0.15, 0.2) is 5.78 Å². The molecule has 1 saturated heterocycles. The van der Waals surface area contributed by atoms with E-state index in [4.69, 9.17) is 4.74 Å². The van der Waals surface area contributed by atoms with Crippen LogP contribution in [0, 0.1) is 0 Å². The molecule has 0 aromatic carbocycles. The van der Waals surface area contributed by atoms with Gasteiger partial charge >= 0.3 is 29.6 Å². The van der Waals surface area contributed by atoms with E-state index in [1.165, 1.54) is 0 Å². The molecule has 0 aromatic rings. The topological polar surface area (TPSA) is 49.4 Å². The number of carbonyl (C=O) groups is 1. The summed E-state index contributed by atoms with van der Waals surface area (Å²) in [5.74, 6) is -0.206. The zero-order valence-electron chi connectivity index (χ0n) is 8.80. The minimum absolute atomic E-state index is 0. The smallest absolute Gasteiger partial charge is 0.878 e. The van der Waals surface area contributed by atoms with E-state index in [-0.39, 0.29) is 40.9 Å². The van der Waals surface area contributed by atoms with Gasteiger partial charge in [-0.25, -0.2) is 0 Å². The molecule has 0 unspecified atom stereocenters. The van der Waals surface area contributed by atoms with Gasteiger partial charge < -0.3 is 9.84 Å². The molecular weight excluding hydrogens is 179 g/mol. The standard InChI is InChI=1S/C9H14O3.Na/c1-8(2)6(5-10)7(11)9(3,4)12-8;/h5,10H,1-4H3;/q;+1/p-1. The van der Waals surface area contributed by atoms with Gasteiger partial charge in [0, 0.05) is 5.57 Å². The summed E-state index contributed by atoms with van der Waals surface area (Å²) < 4.78 is 5.43. The third kappa shape index (κ3) is 2.15. The molecule has 0 atom stereocenters. The first-order valence-electron chi connectivity index (χ1n) is 3.89. The predicted molar refractivity (Wildman–Crippen MR) is 42.3 cm³/mol. The fourth-order valence-corrected chi connectivity index (χ4v) is 1.53. The van der Waals surface area contributed by atoms with Crippen molar-refractivity contribution in [1.82, 2.24) is 0 Å². The van der Waals surface area contributed by atoms with E-state index in [0.717, 1.165) is 0 Å². The Morgan fingerprint density at radius 3 is 1.85 bits per heavy atom. The second-order valence-electron chi connectivity index (χ2n) is 3.98. The van der Waals surface area contributed by atoms with Crippen molar-refractivity contribution in [2.75, 3.05) is 0 Å². The summed E-state index contributed by atoms with van der Waals surface area (Å²) >= 11 is 0. The first kappa shape index (κ1) is 13.2. The summed E-state index contributed by atoms with van der Waals surface area (Å²) in [5, 5.41) is 10.6. The van der Waals surface area contributed by atoms with E-state index in [9.17, 15) is 9.90 Å². The molecule has 0 spiro atoms. The van der Waals surface area contributed by atoms with Crippen molar-refractivity contribution >= 4 is 5.78 Å². The van der Waals surface area contributed by atoms with Crippen molar-refractivity contribution in [3.05, 3.63) is 11.8 Å². The molecule has 68 valence electrons. The average Bonchev–Trinajstić information content (AvgIpc) is 1.98. The first-order valence-corrected chi connectivity index (χ1v) is 3.89. The number of ether oxygens (including phenoxy) is 1. The Kier molecular flexibility index (Phi) is 3.78. The number of hydrogen-bond acceptors (Lipinski definition) is 3. The molecule has 0 amide bonds. The molecule has 0 saturated carbocycles. The molecule has 3 nitrogen and oxygen atoms in total. The minimum atomic E-state index is -0.847. The van der Waals surface area contributed by atoms with Gasteiger partial charge in [0.1, 0.15) is 5.60 Å². The zero-order valence-corrected chi connectivity index (χ0v) is 10.8. The van der Waals surface area contributed by atoms with Gasteiger partial charge in [-0.1, -0.05) is 0 Å². The van der Waals surface area contributed by atoms with Crippen LogP contribution in [0.5, 0.6) is 0 Å². The second kappa shape index (κ2) is 3.73. The Balaban J connectivity index is 0.00000144. The van der Waals surface area contributed by atoms with E-state index in [2.05, 4.69) is 0 Å². The SMILES string of the molecule is CC1(C)OC(C)(C)C(=C[O-])C1=O.[Na+]. The van der Waals surface area contributed by atoms with Gasteiger partial charge in [-0.2, -0.15) is 0 Å². The van der Waals surface area contributed by atoms with Crippen LogP contribution in [-0.2, 0) is 9.53 Å². The van der Waals surface area contributed by atoms with Gasteiger partial charge in [0.2, 0.25) is 0 Å². The van der Waals surface area contributed by atoms with Crippen LogP contribution in [0.2, 0.25) is 0 Å². The first-order chi connectivity index (χ1) is 5.31. The summed E-state index contributed by atoms with van der Waals surface area (Å²) in [6, 6.07) is 0. The van der Waals surface area contributed by atoms with Crippen molar-refractivity contribution in [1.29, 1.82) is 0 Å².